The van der Waals surface area contributed by atoms with E-state index < -0.39 is 5.92 Å². The SMILES string of the molecule is CON1C(=O)CC([C@@H](C)N)C1=O. The highest BCUT2D eigenvalue weighted by Gasteiger charge is 2.40. The maximum atomic E-state index is 11.3. The lowest BCUT2D eigenvalue weighted by Crippen LogP contribution is -2.35. The summed E-state index contributed by atoms with van der Waals surface area (Å²) < 4.78 is 0. The second-order valence-electron chi connectivity index (χ2n) is 2.88. The van der Waals surface area contributed by atoms with Gasteiger partial charge in [0, 0.05) is 12.5 Å². The lowest BCUT2D eigenvalue weighted by molar-refractivity contribution is -0.180. The van der Waals surface area contributed by atoms with E-state index in [9.17, 15) is 9.59 Å². The molecule has 2 amide bonds. The van der Waals surface area contributed by atoms with Crippen LogP contribution in [0.2, 0.25) is 0 Å². The van der Waals surface area contributed by atoms with Gasteiger partial charge >= 0.3 is 0 Å². The molecule has 0 radical (unpaired) electrons. The Balaban J connectivity index is 2.75. The number of rotatable bonds is 2. The van der Waals surface area contributed by atoms with Gasteiger partial charge in [0.1, 0.15) is 0 Å². The third-order valence-electron chi connectivity index (χ3n) is 1.96. The summed E-state index contributed by atoms with van der Waals surface area (Å²) in [5, 5.41) is 0.772. The van der Waals surface area contributed by atoms with Gasteiger partial charge < -0.3 is 5.73 Å². The molecule has 1 heterocycles. The van der Waals surface area contributed by atoms with Crippen molar-refractivity contribution in [1.29, 1.82) is 0 Å². The molecule has 1 fully saturated rings. The van der Waals surface area contributed by atoms with Crippen molar-refractivity contribution in [3.05, 3.63) is 0 Å². The van der Waals surface area contributed by atoms with Gasteiger partial charge in [0.15, 0.2) is 0 Å². The Morgan fingerprint density at radius 1 is 1.67 bits per heavy atom. The molecule has 5 heteroatoms. The molecule has 0 aromatic rings. The molecule has 1 aliphatic rings. The van der Waals surface area contributed by atoms with E-state index in [2.05, 4.69) is 4.84 Å². The number of amides is 2. The first-order chi connectivity index (χ1) is 5.57. The Morgan fingerprint density at radius 3 is 2.50 bits per heavy atom. The molecule has 2 atom stereocenters. The number of carbonyl (C=O) groups is 2. The first kappa shape index (κ1) is 9.15. The molecule has 0 aromatic heterocycles. The summed E-state index contributed by atoms with van der Waals surface area (Å²) in [4.78, 5) is 26.9. The van der Waals surface area contributed by atoms with Crippen molar-refractivity contribution in [3.8, 4) is 0 Å². The molecule has 0 aliphatic carbocycles. The van der Waals surface area contributed by atoms with Crippen LogP contribution in [0.25, 0.3) is 0 Å². The van der Waals surface area contributed by atoms with Crippen LogP contribution in [-0.4, -0.2) is 30.0 Å². The number of nitrogens with two attached hydrogens (primary N) is 1. The van der Waals surface area contributed by atoms with Crippen LogP contribution in [0.5, 0.6) is 0 Å². The first-order valence-electron chi connectivity index (χ1n) is 3.74. The fourth-order valence-corrected chi connectivity index (χ4v) is 1.23. The van der Waals surface area contributed by atoms with Crippen molar-refractivity contribution in [3.63, 3.8) is 0 Å². The van der Waals surface area contributed by atoms with Gasteiger partial charge in [-0.2, -0.15) is 5.06 Å². The lowest BCUT2D eigenvalue weighted by atomic mass is 10.0. The molecule has 0 spiro atoms. The molecule has 0 saturated carbocycles. The van der Waals surface area contributed by atoms with Gasteiger partial charge in [-0.3, -0.25) is 14.4 Å². The summed E-state index contributed by atoms with van der Waals surface area (Å²) in [5.41, 5.74) is 5.51. The van der Waals surface area contributed by atoms with Crippen LogP contribution in [0.1, 0.15) is 13.3 Å². The zero-order valence-corrected chi connectivity index (χ0v) is 7.11. The van der Waals surface area contributed by atoms with Gasteiger partial charge in [-0.15, -0.1) is 0 Å². The maximum absolute atomic E-state index is 11.3. The molecule has 1 aliphatic heterocycles. The molecule has 1 saturated heterocycles. The zero-order valence-electron chi connectivity index (χ0n) is 7.11. The number of hydrogen-bond donors (Lipinski definition) is 1. The first-order valence-corrected chi connectivity index (χ1v) is 3.74. The quantitative estimate of drug-likeness (QED) is 0.557. The van der Waals surface area contributed by atoms with E-state index in [1.165, 1.54) is 7.11 Å². The van der Waals surface area contributed by atoms with Crippen molar-refractivity contribution >= 4 is 11.8 Å². The zero-order chi connectivity index (χ0) is 9.30. The molecule has 68 valence electrons. The van der Waals surface area contributed by atoms with E-state index in [-0.39, 0.29) is 24.3 Å². The van der Waals surface area contributed by atoms with E-state index >= 15 is 0 Å². The monoisotopic (exact) mass is 172 g/mol. The Labute approximate surface area is 70.4 Å². The summed E-state index contributed by atoms with van der Waals surface area (Å²) in [7, 11) is 1.29. The number of imide groups is 1. The highest BCUT2D eigenvalue weighted by Crippen LogP contribution is 2.21. The van der Waals surface area contributed by atoms with Crippen LogP contribution in [0.15, 0.2) is 0 Å². The van der Waals surface area contributed by atoms with Crippen molar-refractivity contribution in [2.45, 2.75) is 19.4 Å². The Hall–Kier alpha value is -0.940. The molecule has 0 aromatic carbocycles. The molecular weight excluding hydrogens is 160 g/mol. The topological polar surface area (TPSA) is 72.6 Å². The van der Waals surface area contributed by atoms with Gasteiger partial charge in [0.05, 0.1) is 13.0 Å². The average molecular weight is 172 g/mol. The summed E-state index contributed by atoms with van der Waals surface area (Å²) in [6.45, 7) is 1.70. The number of hydroxylamine groups is 2. The van der Waals surface area contributed by atoms with E-state index in [4.69, 9.17) is 5.73 Å². The molecule has 12 heavy (non-hydrogen) atoms. The minimum Gasteiger partial charge on any atom is -0.327 e. The van der Waals surface area contributed by atoms with E-state index in [0.29, 0.717) is 0 Å². The highest BCUT2D eigenvalue weighted by atomic mass is 16.7. The van der Waals surface area contributed by atoms with Crippen LogP contribution in [0.3, 0.4) is 0 Å². The predicted octanol–water partition coefficient (Wildman–Crippen LogP) is -0.730. The summed E-state index contributed by atoms with van der Waals surface area (Å²) in [6, 6.07) is -0.304. The fourth-order valence-electron chi connectivity index (χ4n) is 1.23. The van der Waals surface area contributed by atoms with Crippen LogP contribution in [0.4, 0.5) is 0 Å². The second-order valence-corrected chi connectivity index (χ2v) is 2.88. The smallest absolute Gasteiger partial charge is 0.258 e. The molecule has 0 bridgehead atoms. The van der Waals surface area contributed by atoms with Crippen LogP contribution in [-0.2, 0) is 14.4 Å². The summed E-state index contributed by atoms with van der Waals surface area (Å²) >= 11 is 0. The van der Waals surface area contributed by atoms with Gasteiger partial charge in [0.2, 0.25) is 0 Å². The average Bonchev–Trinajstić information content (AvgIpc) is 2.27. The summed E-state index contributed by atoms with van der Waals surface area (Å²) in [6.07, 6.45) is 0.157. The van der Waals surface area contributed by atoms with Crippen molar-refractivity contribution in [2.24, 2.45) is 11.7 Å². The van der Waals surface area contributed by atoms with Gasteiger partial charge in [-0.05, 0) is 6.92 Å². The minimum atomic E-state index is -0.419. The van der Waals surface area contributed by atoms with Gasteiger partial charge in [-0.25, -0.2) is 0 Å². The second kappa shape index (κ2) is 3.20. The van der Waals surface area contributed by atoms with E-state index in [0.717, 1.165) is 5.06 Å². The van der Waals surface area contributed by atoms with Crippen LogP contribution < -0.4 is 5.73 Å². The lowest BCUT2D eigenvalue weighted by Gasteiger charge is -2.12. The predicted molar refractivity (Wildman–Crippen MR) is 40.6 cm³/mol. The van der Waals surface area contributed by atoms with Gasteiger partial charge in [-0.1, -0.05) is 0 Å². The largest absolute Gasteiger partial charge is 0.327 e. The summed E-state index contributed by atoms with van der Waals surface area (Å²) in [5.74, 6) is -1.07. The third-order valence-corrected chi connectivity index (χ3v) is 1.96. The normalized spacial score (nSPS) is 26.6. The molecule has 5 nitrogen and oxygen atoms in total. The van der Waals surface area contributed by atoms with Crippen molar-refractivity contribution in [2.75, 3.05) is 7.11 Å². The Kier molecular flexibility index (Phi) is 2.44. The standard InChI is InChI=1S/C7H12N2O3/c1-4(8)5-3-6(10)9(12-2)7(5)11/h4-5H,3,8H2,1-2H3/t4-,5?/m1/s1. The van der Waals surface area contributed by atoms with Crippen LogP contribution in [0, 0.1) is 5.92 Å². The van der Waals surface area contributed by atoms with Gasteiger partial charge in [0.25, 0.3) is 11.8 Å². The van der Waals surface area contributed by atoms with Crippen molar-refractivity contribution < 1.29 is 14.4 Å². The Morgan fingerprint density at radius 2 is 2.25 bits per heavy atom. The van der Waals surface area contributed by atoms with E-state index in [1.807, 2.05) is 0 Å². The number of hydrogen-bond acceptors (Lipinski definition) is 4. The minimum absolute atomic E-state index is 0.157. The maximum Gasteiger partial charge on any atom is 0.258 e. The van der Waals surface area contributed by atoms with Crippen molar-refractivity contribution in [1.82, 2.24) is 5.06 Å². The number of nitrogens with zero attached hydrogens (tertiary/aromatic N) is 1. The molecule has 1 rings (SSSR count). The number of carbonyl (C=O) groups excluding carboxylic acids is 2. The third kappa shape index (κ3) is 1.33. The fraction of sp³-hybridized carbons (Fsp3) is 0.714. The molecule has 2 N–H and O–H groups in total. The van der Waals surface area contributed by atoms with Crippen LogP contribution >= 0.6 is 0 Å². The molecular formula is C7H12N2O3. The Bertz CT molecular complexity index is 215. The van der Waals surface area contributed by atoms with E-state index in [1.54, 1.807) is 6.92 Å². The highest BCUT2D eigenvalue weighted by molar-refractivity contribution is 6.02. The molecule has 1 unspecified atom stereocenters.